The molecule has 1 fully saturated rings. The molecule has 1 unspecified atom stereocenters. The van der Waals surface area contributed by atoms with Gasteiger partial charge in [0.05, 0.1) is 5.56 Å². The SMILES string of the molecule is CC1(C)CC2CCCn3ccc(n3)S(=O)(=O)NC(=O)c3ccc(Cl)nc3N1C2. The van der Waals surface area contributed by atoms with Crippen molar-refractivity contribution in [3.8, 4) is 0 Å². The summed E-state index contributed by atoms with van der Waals surface area (Å²) in [5.41, 5.74) is -0.0485. The number of hydrogen-bond donors (Lipinski definition) is 1. The lowest BCUT2D eigenvalue weighted by atomic mass is 9.93. The molecule has 0 spiro atoms. The molecule has 2 aromatic rings. The van der Waals surface area contributed by atoms with Crippen LogP contribution in [0.2, 0.25) is 5.15 Å². The van der Waals surface area contributed by atoms with Gasteiger partial charge in [0.25, 0.3) is 15.9 Å². The molecule has 0 aliphatic carbocycles. The zero-order chi connectivity index (χ0) is 20.1. The van der Waals surface area contributed by atoms with Gasteiger partial charge in [-0.05, 0) is 57.2 Å². The Morgan fingerprint density at radius 2 is 2.07 bits per heavy atom. The van der Waals surface area contributed by atoms with Gasteiger partial charge >= 0.3 is 0 Å². The van der Waals surface area contributed by atoms with Crippen LogP contribution in [-0.2, 0) is 16.6 Å². The van der Waals surface area contributed by atoms with Crippen molar-refractivity contribution in [2.45, 2.75) is 50.2 Å². The highest BCUT2D eigenvalue weighted by Gasteiger charge is 2.40. The number of aryl methyl sites for hydroxylation is 1. The first kappa shape index (κ1) is 19.2. The maximum Gasteiger partial charge on any atom is 0.283 e. The summed E-state index contributed by atoms with van der Waals surface area (Å²) in [6.07, 6.45) is 4.44. The predicted octanol–water partition coefficient (Wildman–Crippen LogP) is 2.45. The van der Waals surface area contributed by atoms with Crippen molar-refractivity contribution in [2.75, 3.05) is 11.4 Å². The number of carbonyl (C=O) groups excluding carboxylic acids is 1. The average molecular weight is 424 g/mol. The summed E-state index contributed by atoms with van der Waals surface area (Å²) in [6, 6.07) is 4.41. The molecule has 0 radical (unpaired) electrons. The van der Waals surface area contributed by atoms with Crippen molar-refractivity contribution in [3.63, 3.8) is 0 Å². The molecule has 1 saturated heterocycles. The van der Waals surface area contributed by atoms with Gasteiger partial charge in [0.2, 0.25) is 0 Å². The highest BCUT2D eigenvalue weighted by atomic mass is 35.5. The van der Waals surface area contributed by atoms with E-state index in [1.54, 1.807) is 10.9 Å². The van der Waals surface area contributed by atoms with E-state index in [9.17, 15) is 13.2 Å². The Hall–Kier alpha value is -2.13. The number of rotatable bonds is 0. The number of hydrogen-bond acceptors (Lipinski definition) is 6. The first-order valence-electron chi connectivity index (χ1n) is 9.20. The van der Waals surface area contributed by atoms with Gasteiger partial charge in [-0.25, -0.2) is 9.71 Å². The smallest absolute Gasteiger partial charge is 0.283 e. The first-order valence-corrected chi connectivity index (χ1v) is 11.1. The minimum atomic E-state index is -4.08. The van der Waals surface area contributed by atoms with Crippen LogP contribution in [0.15, 0.2) is 29.4 Å². The highest BCUT2D eigenvalue weighted by molar-refractivity contribution is 7.90. The van der Waals surface area contributed by atoms with Crippen molar-refractivity contribution < 1.29 is 13.2 Å². The van der Waals surface area contributed by atoms with Crippen LogP contribution >= 0.6 is 11.6 Å². The lowest BCUT2D eigenvalue weighted by Gasteiger charge is -2.33. The highest BCUT2D eigenvalue weighted by Crippen LogP contribution is 2.39. The standard InChI is InChI=1S/C18H22ClN5O3S/c1-18(2)10-12-4-3-8-23-9-7-15(21-23)28(26,27)22-17(25)13-5-6-14(19)20-16(13)24(18)11-12/h5-7,9,12H,3-4,8,10-11H2,1-2H3,(H,22,25). The van der Waals surface area contributed by atoms with Crippen LogP contribution in [0.25, 0.3) is 0 Å². The van der Waals surface area contributed by atoms with Crippen molar-refractivity contribution in [3.05, 3.63) is 35.1 Å². The Balaban J connectivity index is 1.82. The molecule has 4 heterocycles. The van der Waals surface area contributed by atoms with Crippen LogP contribution in [-0.4, -0.2) is 41.2 Å². The number of pyridine rings is 1. The maximum absolute atomic E-state index is 12.9. The van der Waals surface area contributed by atoms with E-state index >= 15 is 0 Å². The van der Waals surface area contributed by atoms with Crippen molar-refractivity contribution in [2.24, 2.45) is 5.92 Å². The number of nitrogens with zero attached hydrogens (tertiary/aromatic N) is 4. The Labute approximate surface area is 168 Å². The van der Waals surface area contributed by atoms with Gasteiger partial charge in [0.15, 0.2) is 5.03 Å². The van der Waals surface area contributed by atoms with Gasteiger partial charge < -0.3 is 4.90 Å². The molecular weight excluding hydrogens is 402 g/mol. The number of fused-ring (bicyclic) bond motifs is 6. The Morgan fingerprint density at radius 1 is 1.29 bits per heavy atom. The maximum atomic E-state index is 12.9. The minimum absolute atomic E-state index is 0.176. The van der Waals surface area contributed by atoms with E-state index in [2.05, 4.69) is 33.6 Å². The summed E-state index contributed by atoms with van der Waals surface area (Å²) in [6.45, 7) is 5.57. The van der Waals surface area contributed by atoms with E-state index in [1.165, 1.54) is 18.2 Å². The zero-order valence-corrected chi connectivity index (χ0v) is 17.3. The molecule has 1 amide bonds. The molecular formula is C18H22ClN5O3S. The molecule has 1 N–H and O–H groups in total. The number of anilines is 1. The van der Waals surface area contributed by atoms with Crippen molar-refractivity contribution >= 4 is 33.3 Å². The average Bonchev–Trinajstić information content (AvgIpc) is 3.18. The number of nitrogens with one attached hydrogen (secondary N) is 1. The van der Waals surface area contributed by atoms with Crippen molar-refractivity contribution in [1.29, 1.82) is 0 Å². The van der Waals surface area contributed by atoms with E-state index < -0.39 is 15.9 Å². The molecule has 4 rings (SSSR count). The molecule has 10 heteroatoms. The molecule has 2 aromatic heterocycles. The molecule has 2 aliphatic heterocycles. The number of carbonyl (C=O) groups is 1. The number of halogens is 1. The number of amides is 1. The van der Waals surface area contributed by atoms with Gasteiger partial charge in [-0.3, -0.25) is 9.48 Å². The zero-order valence-electron chi connectivity index (χ0n) is 15.7. The lowest BCUT2D eigenvalue weighted by molar-refractivity contribution is 0.0981. The summed E-state index contributed by atoms with van der Waals surface area (Å²) in [5.74, 6) is 0.105. The van der Waals surface area contributed by atoms with E-state index in [1.807, 2.05) is 0 Å². The topological polar surface area (TPSA) is 97.2 Å². The molecule has 1 atom stereocenters. The molecule has 0 aromatic carbocycles. The molecule has 2 aliphatic rings. The van der Waals surface area contributed by atoms with Gasteiger partial charge in [-0.15, -0.1) is 0 Å². The van der Waals surface area contributed by atoms with E-state index in [0.29, 0.717) is 18.3 Å². The lowest BCUT2D eigenvalue weighted by Crippen LogP contribution is -2.41. The van der Waals surface area contributed by atoms with Gasteiger partial charge in [0.1, 0.15) is 11.0 Å². The fourth-order valence-corrected chi connectivity index (χ4v) is 5.20. The Bertz CT molecular complexity index is 1030. The molecule has 28 heavy (non-hydrogen) atoms. The van der Waals surface area contributed by atoms with Crippen molar-refractivity contribution in [1.82, 2.24) is 19.5 Å². The van der Waals surface area contributed by atoms with Crippen LogP contribution in [0.4, 0.5) is 5.82 Å². The molecule has 4 bridgehead atoms. The Kier molecular flexibility index (Phi) is 4.62. The largest absolute Gasteiger partial charge is 0.350 e. The molecule has 150 valence electrons. The van der Waals surface area contributed by atoms with E-state index in [4.69, 9.17) is 11.6 Å². The van der Waals surface area contributed by atoms with E-state index in [-0.39, 0.29) is 21.3 Å². The van der Waals surface area contributed by atoms with Gasteiger partial charge in [-0.2, -0.15) is 13.5 Å². The third-order valence-corrected chi connectivity index (χ3v) is 6.85. The van der Waals surface area contributed by atoms with E-state index in [0.717, 1.165) is 25.8 Å². The monoisotopic (exact) mass is 423 g/mol. The first-order chi connectivity index (χ1) is 13.2. The summed E-state index contributed by atoms with van der Waals surface area (Å²) in [5, 5.41) is 4.19. The third kappa shape index (κ3) is 3.48. The predicted molar refractivity (Wildman–Crippen MR) is 105 cm³/mol. The third-order valence-electron chi connectivity index (χ3n) is 5.42. The van der Waals surface area contributed by atoms with Crippen LogP contribution in [0, 0.1) is 5.92 Å². The summed E-state index contributed by atoms with van der Waals surface area (Å²) in [4.78, 5) is 19.3. The summed E-state index contributed by atoms with van der Waals surface area (Å²) in [7, 11) is -4.08. The van der Waals surface area contributed by atoms with Crippen LogP contribution < -0.4 is 9.62 Å². The number of aromatic nitrogens is 3. The molecule has 0 saturated carbocycles. The summed E-state index contributed by atoms with van der Waals surface area (Å²) >= 11 is 6.11. The normalized spacial score (nSPS) is 23.6. The summed E-state index contributed by atoms with van der Waals surface area (Å²) < 4.78 is 28.9. The minimum Gasteiger partial charge on any atom is -0.350 e. The van der Waals surface area contributed by atoms with Crippen LogP contribution in [0.3, 0.4) is 0 Å². The van der Waals surface area contributed by atoms with Crippen LogP contribution in [0.5, 0.6) is 0 Å². The van der Waals surface area contributed by atoms with Gasteiger partial charge in [0, 0.05) is 24.8 Å². The second kappa shape index (κ2) is 6.73. The quantitative estimate of drug-likeness (QED) is 0.653. The van der Waals surface area contributed by atoms with Gasteiger partial charge in [-0.1, -0.05) is 11.6 Å². The Morgan fingerprint density at radius 3 is 2.86 bits per heavy atom. The number of sulfonamides is 1. The second-order valence-electron chi connectivity index (χ2n) is 7.99. The fraction of sp³-hybridized carbons (Fsp3) is 0.500. The van der Waals surface area contributed by atoms with Crippen LogP contribution in [0.1, 0.15) is 43.5 Å². The fourth-order valence-electron chi connectivity index (χ4n) is 4.14. The molecule has 8 nitrogen and oxygen atoms in total. The second-order valence-corrected chi connectivity index (χ2v) is 10.0.